The first-order chi connectivity index (χ1) is 15.2. The maximum Gasteiger partial charge on any atom is 0.227 e. The topological polar surface area (TPSA) is 117 Å². The monoisotopic (exact) mass is 420 g/mol. The molecule has 1 aromatic carbocycles. The molecule has 160 valence electrons. The van der Waals surface area contributed by atoms with Crippen molar-refractivity contribution in [3.05, 3.63) is 42.0 Å². The highest BCUT2D eigenvalue weighted by Crippen LogP contribution is 2.30. The molecule has 3 aromatic rings. The molecular weight excluding hydrogens is 396 g/mol. The maximum atomic E-state index is 12.6. The summed E-state index contributed by atoms with van der Waals surface area (Å²) in [6, 6.07) is 11.4. The highest BCUT2D eigenvalue weighted by atomic mass is 16.2. The van der Waals surface area contributed by atoms with Gasteiger partial charge in [0.2, 0.25) is 11.8 Å². The number of rotatable bonds is 6. The Morgan fingerprint density at radius 3 is 2.42 bits per heavy atom. The van der Waals surface area contributed by atoms with E-state index in [0.29, 0.717) is 12.2 Å². The average molecular weight is 420 g/mol. The van der Waals surface area contributed by atoms with E-state index in [4.69, 9.17) is 0 Å². The molecule has 0 unspecified atom stereocenters. The Kier molecular flexibility index (Phi) is 5.19. The van der Waals surface area contributed by atoms with Crippen molar-refractivity contribution >= 4 is 29.0 Å². The molecule has 0 spiro atoms. The number of anilines is 2. The van der Waals surface area contributed by atoms with Crippen molar-refractivity contribution in [1.29, 1.82) is 0 Å². The van der Waals surface area contributed by atoms with Gasteiger partial charge in [0.15, 0.2) is 11.5 Å². The molecule has 1 saturated heterocycles. The van der Waals surface area contributed by atoms with Gasteiger partial charge in [-0.25, -0.2) is 0 Å². The standard InChI is InChI=1S/C21H24N8O2/c30-20(22-13-14-1-5-17(6-2-14)23-21(31)15-3-4-15)16-9-11-28(12-10-16)19-8-7-18-24-26-27-29(18)25-19/h1-2,5-8,15-16H,3-4,9-13H2,(H,22,30)(H,23,31). The van der Waals surface area contributed by atoms with E-state index >= 15 is 0 Å². The van der Waals surface area contributed by atoms with Gasteiger partial charge in [-0.05, 0) is 65.9 Å². The summed E-state index contributed by atoms with van der Waals surface area (Å²) in [5.74, 6) is 1.16. The Morgan fingerprint density at radius 2 is 1.68 bits per heavy atom. The van der Waals surface area contributed by atoms with Crippen LogP contribution in [0.25, 0.3) is 5.65 Å². The largest absolute Gasteiger partial charge is 0.355 e. The smallest absolute Gasteiger partial charge is 0.227 e. The number of benzene rings is 1. The lowest BCUT2D eigenvalue weighted by molar-refractivity contribution is -0.125. The second kappa shape index (κ2) is 8.29. The van der Waals surface area contributed by atoms with Crippen LogP contribution < -0.4 is 15.5 Å². The van der Waals surface area contributed by atoms with Crippen molar-refractivity contribution in [2.45, 2.75) is 32.2 Å². The molecule has 2 amide bonds. The molecule has 10 nitrogen and oxygen atoms in total. The molecule has 1 aliphatic carbocycles. The van der Waals surface area contributed by atoms with Crippen molar-refractivity contribution in [3.63, 3.8) is 0 Å². The Balaban J connectivity index is 1.09. The summed E-state index contributed by atoms with van der Waals surface area (Å²) in [5.41, 5.74) is 2.42. The number of aromatic nitrogens is 5. The number of piperidine rings is 1. The first-order valence-corrected chi connectivity index (χ1v) is 10.6. The van der Waals surface area contributed by atoms with Gasteiger partial charge in [0.05, 0.1) is 0 Å². The van der Waals surface area contributed by atoms with Gasteiger partial charge in [-0.15, -0.1) is 14.8 Å². The summed E-state index contributed by atoms with van der Waals surface area (Å²) < 4.78 is 1.41. The predicted molar refractivity (Wildman–Crippen MR) is 113 cm³/mol. The van der Waals surface area contributed by atoms with Gasteiger partial charge in [-0.3, -0.25) is 9.59 Å². The Morgan fingerprint density at radius 1 is 0.935 bits per heavy atom. The van der Waals surface area contributed by atoms with E-state index in [9.17, 15) is 9.59 Å². The lowest BCUT2D eigenvalue weighted by Gasteiger charge is -2.31. The van der Waals surface area contributed by atoms with Crippen LogP contribution in [0.3, 0.4) is 0 Å². The molecule has 2 aromatic heterocycles. The average Bonchev–Trinajstić information content (AvgIpc) is 3.56. The first kappa shape index (κ1) is 19.4. The van der Waals surface area contributed by atoms with E-state index in [1.807, 2.05) is 36.4 Å². The third-order valence-electron chi connectivity index (χ3n) is 5.88. The zero-order chi connectivity index (χ0) is 21.2. The normalized spacial score (nSPS) is 17.0. The number of carbonyl (C=O) groups is 2. The fourth-order valence-corrected chi connectivity index (χ4v) is 3.81. The third-order valence-corrected chi connectivity index (χ3v) is 5.88. The quantitative estimate of drug-likeness (QED) is 0.619. The van der Waals surface area contributed by atoms with Crippen LogP contribution in [0.15, 0.2) is 36.4 Å². The molecule has 2 N–H and O–H groups in total. The molecule has 0 atom stereocenters. The third kappa shape index (κ3) is 4.47. The van der Waals surface area contributed by atoms with Crippen molar-refractivity contribution < 1.29 is 9.59 Å². The zero-order valence-corrected chi connectivity index (χ0v) is 17.1. The molecule has 1 aliphatic heterocycles. The molecule has 3 heterocycles. The van der Waals surface area contributed by atoms with Crippen molar-refractivity contribution in [2.24, 2.45) is 11.8 Å². The number of nitrogens with one attached hydrogen (secondary N) is 2. The van der Waals surface area contributed by atoms with E-state index in [-0.39, 0.29) is 23.7 Å². The molecular formula is C21H24N8O2. The summed E-state index contributed by atoms with van der Waals surface area (Å²) in [4.78, 5) is 26.6. The minimum absolute atomic E-state index is 0.00915. The van der Waals surface area contributed by atoms with Crippen LogP contribution in [-0.2, 0) is 16.1 Å². The van der Waals surface area contributed by atoms with Gasteiger partial charge in [0.25, 0.3) is 0 Å². The summed E-state index contributed by atoms with van der Waals surface area (Å²) in [5, 5.41) is 21.7. The summed E-state index contributed by atoms with van der Waals surface area (Å²) >= 11 is 0. The molecule has 0 radical (unpaired) electrons. The minimum Gasteiger partial charge on any atom is -0.355 e. The number of hydrogen-bond donors (Lipinski definition) is 2. The summed E-state index contributed by atoms with van der Waals surface area (Å²) in [6.45, 7) is 2.00. The Labute approximate surface area is 179 Å². The molecule has 31 heavy (non-hydrogen) atoms. The van der Waals surface area contributed by atoms with Gasteiger partial charge in [-0.1, -0.05) is 12.1 Å². The number of carbonyl (C=O) groups excluding carboxylic acids is 2. The van der Waals surface area contributed by atoms with Crippen LogP contribution in [0.1, 0.15) is 31.2 Å². The van der Waals surface area contributed by atoms with Gasteiger partial charge < -0.3 is 15.5 Å². The highest BCUT2D eigenvalue weighted by molar-refractivity contribution is 5.94. The zero-order valence-electron chi connectivity index (χ0n) is 17.1. The van der Waals surface area contributed by atoms with Crippen LogP contribution in [-0.4, -0.2) is 50.2 Å². The van der Waals surface area contributed by atoms with Gasteiger partial charge in [0, 0.05) is 37.2 Å². The van der Waals surface area contributed by atoms with Crippen molar-refractivity contribution in [3.8, 4) is 0 Å². The van der Waals surface area contributed by atoms with E-state index < -0.39 is 0 Å². The second-order valence-electron chi connectivity index (χ2n) is 8.16. The van der Waals surface area contributed by atoms with E-state index in [0.717, 1.165) is 55.8 Å². The van der Waals surface area contributed by atoms with Gasteiger partial charge in [-0.2, -0.15) is 0 Å². The minimum atomic E-state index is -0.00915. The predicted octanol–water partition coefficient (Wildman–Crippen LogP) is 1.40. The first-order valence-electron chi connectivity index (χ1n) is 10.6. The lowest BCUT2D eigenvalue weighted by Crippen LogP contribution is -2.40. The molecule has 2 fully saturated rings. The van der Waals surface area contributed by atoms with E-state index in [1.54, 1.807) is 0 Å². The second-order valence-corrected chi connectivity index (χ2v) is 8.16. The lowest BCUT2D eigenvalue weighted by atomic mass is 9.96. The number of amides is 2. The molecule has 2 aliphatic rings. The van der Waals surface area contributed by atoms with Crippen LogP contribution >= 0.6 is 0 Å². The highest BCUT2D eigenvalue weighted by Gasteiger charge is 2.29. The number of tetrazole rings is 1. The fraction of sp³-hybridized carbons (Fsp3) is 0.429. The SMILES string of the molecule is O=C(NCc1ccc(NC(=O)C2CC2)cc1)C1CCN(c2ccc3nnnn3n2)CC1. The van der Waals surface area contributed by atoms with Gasteiger partial charge in [0.1, 0.15) is 0 Å². The maximum absolute atomic E-state index is 12.6. The summed E-state index contributed by atoms with van der Waals surface area (Å²) in [6.07, 6.45) is 3.51. The molecule has 1 saturated carbocycles. The van der Waals surface area contributed by atoms with Crippen LogP contribution in [0.2, 0.25) is 0 Å². The summed E-state index contributed by atoms with van der Waals surface area (Å²) in [7, 11) is 0. The molecule has 10 heteroatoms. The molecule has 5 rings (SSSR count). The van der Waals surface area contributed by atoms with E-state index in [2.05, 4.69) is 36.2 Å². The van der Waals surface area contributed by atoms with Gasteiger partial charge >= 0.3 is 0 Å². The van der Waals surface area contributed by atoms with Crippen molar-refractivity contribution in [2.75, 3.05) is 23.3 Å². The van der Waals surface area contributed by atoms with Crippen molar-refractivity contribution in [1.82, 2.24) is 30.6 Å². The van der Waals surface area contributed by atoms with Crippen LogP contribution in [0.4, 0.5) is 11.5 Å². The van der Waals surface area contributed by atoms with Crippen LogP contribution in [0.5, 0.6) is 0 Å². The Bertz CT molecular complexity index is 1080. The number of hydrogen-bond acceptors (Lipinski definition) is 7. The number of nitrogens with zero attached hydrogens (tertiary/aromatic N) is 6. The fourth-order valence-electron chi connectivity index (χ4n) is 3.81. The number of fused-ring (bicyclic) bond motifs is 1. The Hall–Kier alpha value is -3.56. The van der Waals surface area contributed by atoms with E-state index in [1.165, 1.54) is 4.63 Å². The molecule has 0 bridgehead atoms. The van der Waals surface area contributed by atoms with Crippen LogP contribution in [0, 0.1) is 11.8 Å².